The second kappa shape index (κ2) is 9.14. The summed E-state index contributed by atoms with van der Waals surface area (Å²) in [5.41, 5.74) is 3.03. The van der Waals surface area contributed by atoms with Crippen LogP contribution in [0.25, 0.3) is 11.4 Å². The molecule has 0 aliphatic heterocycles. The van der Waals surface area contributed by atoms with E-state index in [0.717, 1.165) is 24.0 Å². The highest BCUT2D eigenvalue weighted by Crippen LogP contribution is 2.19. The molecule has 1 aromatic heterocycles. The van der Waals surface area contributed by atoms with E-state index >= 15 is 0 Å². The number of aryl methyl sites for hydroxylation is 1. The largest absolute Gasteiger partial charge is 0.343 e. The maximum Gasteiger partial charge on any atom is 0.246 e. The van der Waals surface area contributed by atoms with Gasteiger partial charge in [0.05, 0.1) is 6.54 Å². The van der Waals surface area contributed by atoms with Crippen molar-refractivity contribution in [2.45, 2.75) is 26.3 Å². The molecule has 0 saturated heterocycles. The summed E-state index contributed by atoms with van der Waals surface area (Å²) in [5, 5.41) is 7.28. The number of rotatable bonds is 7. The number of benzene rings is 2. The zero-order valence-electron chi connectivity index (χ0n) is 15.0. The summed E-state index contributed by atoms with van der Waals surface area (Å²) in [4.78, 5) is 16.3. The number of aromatic nitrogens is 2. The fraction of sp³-hybridized carbons (Fsp3) is 0.190. The Balaban J connectivity index is 1.50. The fourth-order valence-electron chi connectivity index (χ4n) is 2.57. The molecule has 0 atom stereocenters. The quantitative estimate of drug-likeness (QED) is 0.608. The normalized spacial score (nSPS) is 11.4. The summed E-state index contributed by atoms with van der Waals surface area (Å²) in [6, 6.07) is 17.4. The molecule has 0 aliphatic rings. The molecular formula is C21H20ClN3O2. The summed E-state index contributed by atoms with van der Waals surface area (Å²) in [6.07, 6.45) is 3.34. The number of allylic oxidation sites excluding steroid dienone is 1. The van der Waals surface area contributed by atoms with Crippen LogP contribution in [0, 0.1) is 0 Å². The Kier molecular flexibility index (Phi) is 6.39. The van der Waals surface area contributed by atoms with Crippen LogP contribution in [-0.4, -0.2) is 16.0 Å². The minimum absolute atomic E-state index is 0.175. The standard InChI is InChI=1S/C21H20ClN3O2/c1-15(10-11-16-6-3-2-4-7-16)12-19(26)23-14-20-24-21(25-27-20)17-8-5-9-18(22)13-17/h2-9,12-13H,10-11,14H2,1H3,(H,23,26)/b15-12-. The zero-order chi connectivity index (χ0) is 19.1. The van der Waals surface area contributed by atoms with Crippen LogP contribution < -0.4 is 5.32 Å². The smallest absolute Gasteiger partial charge is 0.246 e. The molecule has 1 amide bonds. The molecule has 0 saturated carbocycles. The van der Waals surface area contributed by atoms with Crippen molar-refractivity contribution in [3.05, 3.63) is 82.7 Å². The van der Waals surface area contributed by atoms with E-state index < -0.39 is 0 Å². The van der Waals surface area contributed by atoms with Gasteiger partial charge in [-0.1, -0.05) is 64.8 Å². The van der Waals surface area contributed by atoms with Crippen molar-refractivity contribution >= 4 is 17.5 Å². The van der Waals surface area contributed by atoms with Crippen molar-refractivity contribution in [1.29, 1.82) is 0 Å². The second-order valence-electron chi connectivity index (χ2n) is 6.22. The van der Waals surface area contributed by atoms with Crippen LogP contribution in [-0.2, 0) is 17.8 Å². The van der Waals surface area contributed by atoms with E-state index in [9.17, 15) is 4.79 Å². The van der Waals surface area contributed by atoms with E-state index in [-0.39, 0.29) is 12.5 Å². The molecule has 27 heavy (non-hydrogen) atoms. The summed E-state index contributed by atoms with van der Waals surface area (Å²) < 4.78 is 5.18. The van der Waals surface area contributed by atoms with E-state index in [4.69, 9.17) is 16.1 Å². The summed E-state index contributed by atoms with van der Waals surface area (Å²) in [7, 11) is 0. The predicted octanol–water partition coefficient (Wildman–Crippen LogP) is 4.59. The number of hydrogen-bond donors (Lipinski definition) is 1. The van der Waals surface area contributed by atoms with Gasteiger partial charge in [0.25, 0.3) is 0 Å². The number of carbonyl (C=O) groups is 1. The van der Waals surface area contributed by atoms with Crippen molar-refractivity contribution < 1.29 is 9.32 Å². The minimum atomic E-state index is -0.178. The van der Waals surface area contributed by atoms with Gasteiger partial charge in [-0.25, -0.2) is 0 Å². The van der Waals surface area contributed by atoms with E-state index in [2.05, 4.69) is 27.6 Å². The van der Waals surface area contributed by atoms with Gasteiger partial charge >= 0.3 is 0 Å². The fourth-order valence-corrected chi connectivity index (χ4v) is 2.76. The van der Waals surface area contributed by atoms with Crippen LogP contribution in [0.4, 0.5) is 0 Å². The lowest BCUT2D eigenvalue weighted by molar-refractivity contribution is -0.116. The molecule has 0 radical (unpaired) electrons. The van der Waals surface area contributed by atoms with Gasteiger partial charge in [-0.2, -0.15) is 4.98 Å². The van der Waals surface area contributed by atoms with Crippen molar-refractivity contribution in [2.75, 3.05) is 0 Å². The Bertz CT molecular complexity index is 935. The third-order valence-electron chi connectivity index (χ3n) is 3.99. The Morgan fingerprint density at radius 2 is 2.00 bits per heavy atom. The lowest BCUT2D eigenvalue weighted by atomic mass is 10.1. The van der Waals surface area contributed by atoms with Gasteiger partial charge in [0.15, 0.2) is 0 Å². The molecule has 1 N–H and O–H groups in total. The molecule has 2 aromatic carbocycles. The van der Waals surface area contributed by atoms with Crippen LogP contribution >= 0.6 is 11.6 Å². The number of hydrogen-bond acceptors (Lipinski definition) is 4. The van der Waals surface area contributed by atoms with Crippen LogP contribution in [0.1, 0.15) is 24.8 Å². The number of halogens is 1. The first-order valence-electron chi connectivity index (χ1n) is 8.67. The molecule has 5 nitrogen and oxygen atoms in total. The van der Waals surface area contributed by atoms with E-state index in [0.29, 0.717) is 16.7 Å². The highest BCUT2D eigenvalue weighted by Gasteiger charge is 2.09. The summed E-state index contributed by atoms with van der Waals surface area (Å²) in [5.74, 6) is 0.605. The van der Waals surface area contributed by atoms with Gasteiger partial charge in [0.2, 0.25) is 17.6 Å². The van der Waals surface area contributed by atoms with Crippen LogP contribution in [0.2, 0.25) is 5.02 Å². The average Bonchev–Trinajstić information content (AvgIpc) is 3.15. The van der Waals surface area contributed by atoms with E-state index in [1.807, 2.05) is 37.3 Å². The molecule has 0 fully saturated rings. The molecule has 0 unspecified atom stereocenters. The van der Waals surface area contributed by atoms with Gasteiger partial charge in [-0.15, -0.1) is 0 Å². The van der Waals surface area contributed by atoms with E-state index in [1.165, 1.54) is 5.56 Å². The van der Waals surface area contributed by atoms with Crippen molar-refractivity contribution in [3.8, 4) is 11.4 Å². The third kappa shape index (κ3) is 5.79. The SMILES string of the molecule is C/C(=C/C(=O)NCc1nc(-c2cccc(Cl)c2)no1)CCc1ccccc1. The maximum absolute atomic E-state index is 12.1. The van der Waals surface area contributed by atoms with Crippen molar-refractivity contribution in [1.82, 2.24) is 15.5 Å². The highest BCUT2D eigenvalue weighted by molar-refractivity contribution is 6.30. The number of nitrogens with zero attached hydrogens (tertiary/aromatic N) is 2. The monoisotopic (exact) mass is 381 g/mol. The highest BCUT2D eigenvalue weighted by atomic mass is 35.5. The number of carbonyl (C=O) groups excluding carboxylic acids is 1. The lowest BCUT2D eigenvalue weighted by Crippen LogP contribution is -2.21. The minimum Gasteiger partial charge on any atom is -0.343 e. The first-order chi connectivity index (χ1) is 13.1. The zero-order valence-corrected chi connectivity index (χ0v) is 15.7. The van der Waals surface area contributed by atoms with Crippen molar-refractivity contribution in [3.63, 3.8) is 0 Å². The first kappa shape index (κ1) is 18.9. The van der Waals surface area contributed by atoms with Crippen LogP contribution in [0.15, 0.2) is 70.8 Å². The predicted molar refractivity (Wildman–Crippen MR) is 105 cm³/mol. The Morgan fingerprint density at radius 3 is 2.78 bits per heavy atom. The number of nitrogens with one attached hydrogen (secondary N) is 1. The van der Waals surface area contributed by atoms with Gasteiger partial charge < -0.3 is 9.84 Å². The molecule has 0 aliphatic carbocycles. The molecule has 0 spiro atoms. The van der Waals surface area contributed by atoms with Gasteiger partial charge in [-0.3, -0.25) is 4.79 Å². The molecule has 1 heterocycles. The average molecular weight is 382 g/mol. The van der Waals surface area contributed by atoms with Crippen molar-refractivity contribution in [2.24, 2.45) is 0 Å². The summed E-state index contributed by atoms with van der Waals surface area (Å²) in [6.45, 7) is 2.13. The molecule has 0 bridgehead atoms. The Hall–Kier alpha value is -2.92. The maximum atomic E-state index is 12.1. The van der Waals surface area contributed by atoms with E-state index in [1.54, 1.807) is 18.2 Å². The lowest BCUT2D eigenvalue weighted by Gasteiger charge is -2.03. The molecule has 3 rings (SSSR count). The van der Waals surface area contributed by atoms with Crippen LogP contribution in [0.3, 0.4) is 0 Å². The van der Waals surface area contributed by atoms with Crippen LogP contribution in [0.5, 0.6) is 0 Å². The first-order valence-corrected chi connectivity index (χ1v) is 9.05. The molecule has 6 heteroatoms. The topological polar surface area (TPSA) is 68.0 Å². The van der Waals surface area contributed by atoms with Gasteiger partial charge in [-0.05, 0) is 37.5 Å². The molecule has 138 valence electrons. The Labute approximate surface area is 163 Å². The Morgan fingerprint density at radius 1 is 1.19 bits per heavy atom. The van der Waals surface area contributed by atoms with Gasteiger partial charge in [0.1, 0.15) is 0 Å². The summed E-state index contributed by atoms with van der Waals surface area (Å²) >= 11 is 5.97. The third-order valence-corrected chi connectivity index (χ3v) is 4.23. The van der Waals surface area contributed by atoms with Gasteiger partial charge in [0, 0.05) is 16.7 Å². The number of amides is 1. The molecule has 3 aromatic rings. The second-order valence-corrected chi connectivity index (χ2v) is 6.65. The molecular weight excluding hydrogens is 362 g/mol.